The summed E-state index contributed by atoms with van der Waals surface area (Å²) in [6.07, 6.45) is 2.87. The van der Waals surface area contributed by atoms with Crippen LogP contribution in [0.5, 0.6) is 0 Å². The summed E-state index contributed by atoms with van der Waals surface area (Å²) in [5, 5.41) is 10.9. The molecule has 0 spiro atoms. The maximum absolute atomic E-state index is 14.2. The fourth-order valence-electron chi connectivity index (χ4n) is 2.82. The van der Waals surface area contributed by atoms with Crippen LogP contribution in [0.3, 0.4) is 0 Å². The standard InChI is InChI=1S/C19H16FN5O3S/c20-19-6-2-1-4-15(19)12-24(13-17-5-3-11-28-17)29(26,27)18-9-7-16(8-10-18)25-14-21-22-23-25/h1-11,14H,12-13H2. The van der Waals surface area contributed by atoms with Gasteiger partial charge in [0, 0.05) is 12.1 Å². The van der Waals surface area contributed by atoms with Gasteiger partial charge in [0.2, 0.25) is 10.0 Å². The Morgan fingerprint density at radius 2 is 1.79 bits per heavy atom. The van der Waals surface area contributed by atoms with E-state index in [1.807, 2.05) is 0 Å². The van der Waals surface area contributed by atoms with E-state index in [0.29, 0.717) is 11.4 Å². The fourth-order valence-corrected chi connectivity index (χ4v) is 4.20. The number of sulfonamides is 1. The van der Waals surface area contributed by atoms with Crippen molar-refractivity contribution in [3.63, 3.8) is 0 Å². The number of benzene rings is 2. The fraction of sp³-hybridized carbons (Fsp3) is 0.105. The molecule has 0 amide bonds. The zero-order valence-corrected chi connectivity index (χ0v) is 15.9. The topological polar surface area (TPSA) is 94.1 Å². The molecule has 2 heterocycles. The molecule has 0 bridgehead atoms. The van der Waals surface area contributed by atoms with Crippen LogP contribution in [-0.4, -0.2) is 32.9 Å². The molecule has 0 radical (unpaired) electrons. The van der Waals surface area contributed by atoms with E-state index in [1.54, 1.807) is 42.5 Å². The predicted molar refractivity (Wildman–Crippen MR) is 101 cm³/mol. The van der Waals surface area contributed by atoms with Gasteiger partial charge in [-0.15, -0.1) is 5.10 Å². The lowest BCUT2D eigenvalue weighted by atomic mass is 10.2. The highest BCUT2D eigenvalue weighted by Gasteiger charge is 2.26. The normalized spacial score (nSPS) is 11.8. The van der Waals surface area contributed by atoms with Crippen LogP contribution >= 0.6 is 0 Å². The van der Waals surface area contributed by atoms with E-state index >= 15 is 0 Å². The predicted octanol–water partition coefficient (Wildman–Crippen LogP) is 2.79. The molecule has 4 aromatic rings. The number of rotatable bonds is 7. The van der Waals surface area contributed by atoms with Crippen LogP contribution in [0.1, 0.15) is 11.3 Å². The summed E-state index contributed by atoms with van der Waals surface area (Å²) >= 11 is 0. The molecule has 4 rings (SSSR count). The van der Waals surface area contributed by atoms with E-state index in [-0.39, 0.29) is 23.5 Å². The largest absolute Gasteiger partial charge is 0.468 e. The lowest BCUT2D eigenvalue weighted by molar-refractivity contribution is 0.354. The molecule has 0 aliphatic rings. The van der Waals surface area contributed by atoms with Gasteiger partial charge < -0.3 is 4.42 Å². The first-order chi connectivity index (χ1) is 14.0. The van der Waals surface area contributed by atoms with Crippen molar-refractivity contribution in [2.45, 2.75) is 18.0 Å². The van der Waals surface area contributed by atoms with Crippen molar-refractivity contribution in [1.82, 2.24) is 24.5 Å². The van der Waals surface area contributed by atoms with Gasteiger partial charge in [0.15, 0.2) is 0 Å². The summed E-state index contributed by atoms with van der Waals surface area (Å²) in [6.45, 7) is -0.164. The van der Waals surface area contributed by atoms with Gasteiger partial charge >= 0.3 is 0 Å². The smallest absolute Gasteiger partial charge is 0.243 e. The second-order valence-corrected chi connectivity index (χ2v) is 8.13. The quantitative estimate of drug-likeness (QED) is 0.462. The Labute approximate surface area is 166 Å². The minimum Gasteiger partial charge on any atom is -0.468 e. The van der Waals surface area contributed by atoms with Crippen molar-refractivity contribution in [3.8, 4) is 5.69 Å². The first kappa shape index (κ1) is 19.0. The van der Waals surface area contributed by atoms with Crippen LogP contribution in [0.15, 0.2) is 82.6 Å². The zero-order valence-electron chi connectivity index (χ0n) is 15.1. The van der Waals surface area contributed by atoms with Crippen LogP contribution in [0, 0.1) is 5.82 Å². The Morgan fingerprint density at radius 1 is 1.00 bits per heavy atom. The van der Waals surface area contributed by atoms with Gasteiger partial charge in [0.1, 0.15) is 17.9 Å². The minimum atomic E-state index is -3.93. The summed E-state index contributed by atoms with van der Waals surface area (Å²) in [5.74, 6) is -0.0172. The highest BCUT2D eigenvalue weighted by molar-refractivity contribution is 7.89. The summed E-state index contributed by atoms with van der Waals surface area (Å²) < 4.78 is 48.6. The highest BCUT2D eigenvalue weighted by Crippen LogP contribution is 2.23. The molecule has 29 heavy (non-hydrogen) atoms. The average Bonchev–Trinajstić information content (AvgIpc) is 3.43. The molecule has 148 valence electrons. The SMILES string of the molecule is O=S(=O)(c1ccc(-n2cnnn2)cc1)N(Cc1ccco1)Cc1ccccc1F. The molecule has 0 saturated carbocycles. The number of aromatic nitrogens is 4. The van der Waals surface area contributed by atoms with Crippen LogP contribution in [-0.2, 0) is 23.1 Å². The number of hydrogen-bond donors (Lipinski definition) is 0. The molecule has 2 aromatic carbocycles. The number of tetrazole rings is 1. The molecule has 0 atom stereocenters. The molecular weight excluding hydrogens is 397 g/mol. The molecule has 2 aromatic heterocycles. The van der Waals surface area contributed by atoms with Crippen LogP contribution in [0.2, 0.25) is 0 Å². The number of nitrogens with zero attached hydrogens (tertiary/aromatic N) is 5. The van der Waals surface area contributed by atoms with Gasteiger partial charge in [-0.2, -0.15) is 4.31 Å². The summed E-state index contributed by atoms with van der Waals surface area (Å²) in [5.41, 5.74) is 0.883. The van der Waals surface area contributed by atoms with Crippen molar-refractivity contribution in [3.05, 3.63) is 90.4 Å². The first-order valence-corrected chi connectivity index (χ1v) is 10.1. The molecule has 0 unspecified atom stereocenters. The zero-order chi connectivity index (χ0) is 20.3. The van der Waals surface area contributed by atoms with Crippen molar-refractivity contribution >= 4 is 10.0 Å². The second-order valence-electron chi connectivity index (χ2n) is 6.19. The van der Waals surface area contributed by atoms with Gasteiger partial charge in [-0.3, -0.25) is 0 Å². The number of furan rings is 1. The van der Waals surface area contributed by atoms with E-state index in [2.05, 4.69) is 15.5 Å². The van der Waals surface area contributed by atoms with Crippen LogP contribution < -0.4 is 0 Å². The Balaban J connectivity index is 1.67. The van der Waals surface area contributed by atoms with Gasteiger partial charge in [-0.25, -0.2) is 17.5 Å². The minimum absolute atomic E-state index is 0.0294. The van der Waals surface area contributed by atoms with Gasteiger partial charge in [0.25, 0.3) is 0 Å². The molecule has 0 fully saturated rings. The van der Waals surface area contributed by atoms with Crippen molar-refractivity contribution < 1.29 is 17.2 Å². The van der Waals surface area contributed by atoms with E-state index in [4.69, 9.17) is 4.42 Å². The molecule has 10 heteroatoms. The average molecular weight is 413 g/mol. The van der Waals surface area contributed by atoms with Crippen molar-refractivity contribution in [1.29, 1.82) is 0 Å². The van der Waals surface area contributed by atoms with Gasteiger partial charge in [-0.1, -0.05) is 18.2 Å². The third kappa shape index (κ3) is 4.08. The highest BCUT2D eigenvalue weighted by atomic mass is 32.2. The molecule has 0 aliphatic heterocycles. The Kier molecular flexibility index (Phi) is 5.19. The maximum atomic E-state index is 14.2. The number of hydrogen-bond acceptors (Lipinski definition) is 6. The third-order valence-electron chi connectivity index (χ3n) is 4.30. The molecular formula is C19H16FN5O3S. The van der Waals surface area contributed by atoms with Crippen LogP contribution in [0.25, 0.3) is 5.69 Å². The maximum Gasteiger partial charge on any atom is 0.243 e. The van der Waals surface area contributed by atoms with Crippen LogP contribution in [0.4, 0.5) is 4.39 Å². The van der Waals surface area contributed by atoms with Crippen molar-refractivity contribution in [2.24, 2.45) is 0 Å². The third-order valence-corrected chi connectivity index (χ3v) is 6.11. The van der Waals surface area contributed by atoms with Gasteiger partial charge in [-0.05, 0) is 52.9 Å². The van der Waals surface area contributed by atoms with E-state index < -0.39 is 15.8 Å². The van der Waals surface area contributed by atoms with E-state index in [9.17, 15) is 12.8 Å². The summed E-state index contributed by atoms with van der Waals surface area (Å²) in [6, 6.07) is 15.5. The second kappa shape index (κ2) is 7.94. The Morgan fingerprint density at radius 3 is 2.45 bits per heavy atom. The molecule has 0 aliphatic carbocycles. The monoisotopic (exact) mass is 413 g/mol. The Hall–Kier alpha value is -3.37. The lowest BCUT2D eigenvalue weighted by Gasteiger charge is -2.22. The molecule has 8 nitrogen and oxygen atoms in total. The number of halogens is 1. The molecule has 0 saturated heterocycles. The first-order valence-electron chi connectivity index (χ1n) is 8.63. The summed E-state index contributed by atoms with van der Waals surface area (Å²) in [7, 11) is -3.93. The van der Waals surface area contributed by atoms with E-state index in [1.165, 1.54) is 39.8 Å². The lowest BCUT2D eigenvalue weighted by Crippen LogP contribution is -2.30. The Bertz CT molecular complexity index is 1180. The van der Waals surface area contributed by atoms with Gasteiger partial charge in [0.05, 0.1) is 23.4 Å². The molecule has 0 N–H and O–H groups in total. The van der Waals surface area contributed by atoms with E-state index in [0.717, 1.165) is 0 Å². The summed E-state index contributed by atoms with van der Waals surface area (Å²) in [4.78, 5) is 0.0669. The van der Waals surface area contributed by atoms with Crippen molar-refractivity contribution in [2.75, 3.05) is 0 Å².